The lowest BCUT2D eigenvalue weighted by molar-refractivity contribution is 0.601. The first-order valence-electron chi connectivity index (χ1n) is 6.19. The van der Waals surface area contributed by atoms with Crippen LogP contribution in [0.4, 0.5) is 5.69 Å². The molecule has 4 nitrogen and oxygen atoms in total. The molecule has 0 aliphatic rings. The van der Waals surface area contributed by atoms with Crippen molar-refractivity contribution in [3.8, 4) is 0 Å². The highest BCUT2D eigenvalue weighted by Crippen LogP contribution is 2.32. The first-order valence-corrected chi connectivity index (χ1v) is 10.1. The van der Waals surface area contributed by atoms with Gasteiger partial charge in [-0.15, -0.1) is 11.3 Å². The van der Waals surface area contributed by atoms with Gasteiger partial charge < -0.3 is 5.32 Å². The fourth-order valence-corrected chi connectivity index (χ4v) is 5.62. The van der Waals surface area contributed by atoms with Crippen LogP contribution in [0.2, 0.25) is 0 Å². The Kier molecular flexibility index (Phi) is 5.84. The number of benzene rings is 1. The highest BCUT2D eigenvalue weighted by Gasteiger charge is 2.21. The van der Waals surface area contributed by atoms with Gasteiger partial charge in [0.25, 0.3) is 10.0 Å². The van der Waals surface area contributed by atoms with Gasteiger partial charge in [-0.05, 0) is 52.8 Å². The standard InChI is InChI=1S/C13H14Br2N2O2S2/c1-2-16-8-11-7-12(13(15)20-11)21(18,19)17-10-5-3-9(14)4-6-10/h3-7,16-17H,2,8H2,1H3. The molecule has 0 fully saturated rings. The molecular weight excluding hydrogens is 440 g/mol. The van der Waals surface area contributed by atoms with Crippen LogP contribution in [0.5, 0.6) is 0 Å². The zero-order valence-corrected chi connectivity index (χ0v) is 16.0. The normalized spacial score (nSPS) is 11.6. The maximum Gasteiger partial charge on any atom is 0.263 e. The Balaban J connectivity index is 2.22. The molecule has 1 aromatic carbocycles. The van der Waals surface area contributed by atoms with Gasteiger partial charge >= 0.3 is 0 Å². The van der Waals surface area contributed by atoms with Gasteiger partial charge in [-0.2, -0.15) is 0 Å². The molecule has 2 aromatic rings. The van der Waals surface area contributed by atoms with Crippen LogP contribution in [-0.2, 0) is 16.6 Å². The van der Waals surface area contributed by atoms with Crippen molar-refractivity contribution in [2.45, 2.75) is 18.4 Å². The van der Waals surface area contributed by atoms with Gasteiger partial charge in [0, 0.05) is 21.6 Å². The first kappa shape index (κ1) is 17.0. The molecule has 0 atom stereocenters. The molecule has 0 bridgehead atoms. The molecule has 0 unspecified atom stereocenters. The van der Waals surface area contributed by atoms with Crippen LogP contribution >= 0.6 is 43.2 Å². The average molecular weight is 454 g/mol. The Morgan fingerprint density at radius 3 is 2.48 bits per heavy atom. The summed E-state index contributed by atoms with van der Waals surface area (Å²) in [4.78, 5) is 1.24. The van der Waals surface area contributed by atoms with Gasteiger partial charge in [-0.1, -0.05) is 22.9 Å². The van der Waals surface area contributed by atoms with Gasteiger partial charge in [0.2, 0.25) is 0 Å². The van der Waals surface area contributed by atoms with Gasteiger partial charge in [0.05, 0.1) is 3.79 Å². The molecule has 0 aliphatic heterocycles. The Hall–Kier alpha value is -0.410. The minimum absolute atomic E-state index is 0.267. The van der Waals surface area contributed by atoms with Gasteiger partial charge in [0.15, 0.2) is 0 Å². The third-order valence-corrected chi connectivity index (χ3v) is 6.80. The fraction of sp³-hybridized carbons (Fsp3) is 0.231. The Labute approximate surface area is 145 Å². The first-order chi connectivity index (χ1) is 9.92. The Bertz CT molecular complexity index is 712. The summed E-state index contributed by atoms with van der Waals surface area (Å²) in [5.41, 5.74) is 0.532. The molecule has 0 aliphatic carbocycles. The monoisotopic (exact) mass is 452 g/mol. The predicted molar refractivity (Wildman–Crippen MR) is 94.4 cm³/mol. The molecule has 1 aromatic heterocycles. The highest BCUT2D eigenvalue weighted by atomic mass is 79.9. The zero-order valence-electron chi connectivity index (χ0n) is 11.2. The van der Waals surface area contributed by atoms with E-state index in [9.17, 15) is 8.42 Å². The minimum atomic E-state index is -3.59. The number of anilines is 1. The van der Waals surface area contributed by atoms with Crippen molar-refractivity contribution in [1.82, 2.24) is 5.32 Å². The van der Waals surface area contributed by atoms with Crippen molar-refractivity contribution in [1.29, 1.82) is 0 Å². The fourth-order valence-electron chi connectivity index (χ4n) is 1.64. The van der Waals surface area contributed by atoms with Crippen molar-refractivity contribution in [2.24, 2.45) is 0 Å². The molecule has 0 saturated heterocycles. The van der Waals surface area contributed by atoms with Crippen LogP contribution in [0.25, 0.3) is 0 Å². The van der Waals surface area contributed by atoms with Crippen LogP contribution in [0.3, 0.4) is 0 Å². The summed E-state index contributed by atoms with van der Waals surface area (Å²) >= 11 is 8.07. The number of hydrogen-bond donors (Lipinski definition) is 2. The van der Waals surface area contributed by atoms with E-state index in [4.69, 9.17) is 0 Å². The summed E-state index contributed by atoms with van der Waals surface area (Å²) in [6, 6.07) is 8.69. The lowest BCUT2D eigenvalue weighted by Gasteiger charge is -2.07. The van der Waals surface area contributed by atoms with Crippen LogP contribution in [0.15, 0.2) is 43.5 Å². The Morgan fingerprint density at radius 1 is 1.19 bits per heavy atom. The van der Waals surface area contributed by atoms with Crippen LogP contribution in [-0.4, -0.2) is 15.0 Å². The zero-order chi connectivity index (χ0) is 15.5. The third-order valence-electron chi connectivity index (χ3n) is 2.64. The van der Waals surface area contributed by atoms with E-state index in [1.54, 1.807) is 30.3 Å². The van der Waals surface area contributed by atoms with Gasteiger partial charge in [-0.25, -0.2) is 8.42 Å². The van der Waals surface area contributed by atoms with Crippen molar-refractivity contribution >= 4 is 58.9 Å². The molecule has 114 valence electrons. The number of sulfonamides is 1. The maximum absolute atomic E-state index is 12.4. The van der Waals surface area contributed by atoms with Crippen molar-refractivity contribution in [2.75, 3.05) is 11.3 Å². The molecule has 21 heavy (non-hydrogen) atoms. The van der Waals surface area contributed by atoms with E-state index in [-0.39, 0.29) is 4.90 Å². The van der Waals surface area contributed by atoms with E-state index in [0.29, 0.717) is 16.0 Å². The number of rotatable bonds is 6. The molecule has 0 amide bonds. The maximum atomic E-state index is 12.4. The lowest BCUT2D eigenvalue weighted by atomic mass is 10.3. The lowest BCUT2D eigenvalue weighted by Crippen LogP contribution is -2.13. The molecule has 0 saturated carbocycles. The molecule has 0 spiro atoms. The second kappa shape index (κ2) is 7.23. The summed E-state index contributed by atoms with van der Waals surface area (Å²) < 4.78 is 28.9. The molecule has 2 N–H and O–H groups in total. The molecule has 1 heterocycles. The van der Waals surface area contributed by atoms with Crippen molar-refractivity contribution in [3.05, 3.63) is 43.5 Å². The van der Waals surface area contributed by atoms with Crippen LogP contribution < -0.4 is 10.0 Å². The SMILES string of the molecule is CCNCc1cc(S(=O)(=O)Nc2ccc(Br)cc2)c(Br)s1. The molecule has 0 radical (unpaired) electrons. The number of hydrogen-bond acceptors (Lipinski definition) is 4. The third kappa shape index (κ3) is 4.53. The number of halogens is 2. The second-order valence-electron chi connectivity index (χ2n) is 4.24. The number of nitrogens with one attached hydrogen (secondary N) is 2. The quantitative estimate of drug-likeness (QED) is 0.689. The average Bonchev–Trinajstić information content (AvgIpc) is 2.81. The van der Waals surface area contributed by atoms with Crippen molar-refractivity contribution in [3.63, 3.8) is 0 Å². The topological polar surface area (TPSA) is 58.2 Å². The van der Waals surface area contributed by atoms with E-state index in [1.165, 1.54) is 11.3 Å². The summed E-state index contributed by atoms with van der Waals surface area (Å²) in [5.74, 6) is 0. The Morgan fingerprint density at radius 2 is 1.86 bits per heavy atom. The van der Waals surface area contributed by atoms with Crippen LogP contribution in [0.1, 0.15) is 11.8 Å². The predicted octanol–water partition coefficient (Wildman–Crippen LogP) is 4.18. The van der Waals surface area contributed by atoms with E-state index in [1.807, 2.05) is 6.92 Å². The van der Waals surface area contributed by atoms with Crippen LogP contribution in [0, 0.1) is 0 Å². The molecular formula is C13H14Br2N2O2S2. The minimum Gasteiger partial charge on any atom is -0.312 e. The van der Waals surface area contributed by atoms with Crippen molar-refractivity contribution < 1.29 is 8.42 Å². The molecule has 8 heteroatoms. The summed E-state index contributed by atoms with van der Waals surface area (Å²) in [7, 11) is -3.59. The summed E-state index contributed by atoms with van der Waals surface area (Å²) in [5, 5.41) is 3.18. The molecule has 2 rings (SSSR count). The highest BCUT2D eigenvalue weighted by molar-refractivity contribution is 9.11. The van der Waals surface area contributed by atoms with Gasteiger partial charge in [0.1, 0.15) is 4.90 Å². The van der Waals surface area contributed by atoms with E-state index in [2.05, 4.69) is 41.9 Å². The van der Waals surface area contributed by atoms with E-state index < -0.39 is 10.0 Å². The van der Waals surface area contributed by atoms with Gasteiger partial charge in [-0.3, -0.25) is 4.72 Å². The van der Waals surface area contributed by atoms with E-state index >= 15 is 0 Å². The summed E-state index contributed by atoms with van der Waals surface area (Å²) in [6.07, 6.45) is 0. The smallest absolute Gasteiger partial charge is 0.263 e. The van der Waals surface area contributed by atoms with E-state index in [0.717, 1.165) is 15.9 Å². The second-order valence-corrected chi connectivity index (χ2v) is 9.26. The largest absolute Gasteiger partial charge is 0.312 e. The summed E-state index contributed by atoms with van der Waals surface area (Å²) in [6.45, 7) is 3.51. The number of thiophene rings is 1.